The summed E-state index contributed by atoms with van der Waals surface area (Å²) >= 11 is 7.00. The number of nitrogens with zero attached hydrogens (tertiary/aromatic N) is 1. The van der Waals surface area contributed by atoms with Gasteiger partial charge in [-0.15, -0.1) is 0 Å². The largest absolute Gasteiger partial charge is 0.440 e. The van der Waals surface area contributed by atoms with Crippen LogP contribution >= 0.6 is 23.4 Å². The second kappa shape index (κ2) is 5.79. The van der Waals surface area contributed by atoms with Crippen molar-refractivity contribution in [3.8, 4) is 0 Å². The van der Waals surface area contributed by atoms with Crippen molar-refractivity contribution in [2.75, 3.05) is 16.8 Å². The van der Waals surface area contributed by atoms with E-state index < -0.39 is 0 Å². The van der Waals surface area contributed by atoms with Crippen LogP contribution in [0.2, 0.25) is 5.02 Å². The number of anilines is 2. The van der Waals surface area contributed by atoms with Gasteiger partial charge in [0, 0.05) is 5.69 Å². The maximum Gasteiger partial charge on any atom is 0.256 e. The average Bonchev–Trinajstić information content (AvgIpc) is 2.84. The summed E-state index contributed by atoms with van der Waals surface area (Å²) in [5.41, 5.74) is 6.67. The molecule has 1 aromatic heterocycles. The standard InChI is InChI=1S/C11H10ClN3O2S/c12-8-2-1-7(5-9(8)13)15-10(16)6-18-11-14-3-4-17-11/h1-5H,6,13H2,(H,15,16). The number of benzene rings is 1. The van der Waals surface area contributed by atoms with Gasteiger partial charge in [-0.05, 0) is 18.2 Å². The lowest BCUT2D eigenvalue weighted by Crippen LogP contribution is -2.14. The van der Waals surface area contributed by atoms with Crippen LogP contribution in [-0.2, 0) is 4.79 Å². The number of halogens is 1. The molecule has 1 heterocycles. The number of hydrogen-bond acceptors (Lipinski definition) is 5. The number of carbonyl (C=O) groups is 1. The number of rotatable bonds is 4. The monoisotopic (exact) mass is 283 g/mol. The highest BCUT2D eigenvalue weighted by Gasteiger charge is 2.07. The molecule has 1 amide bonds. The van der Waals surface area contributed by atoms with E-state index in [1.54, 1.807) is 18.2 Å². The van der Waals surface area contributed by atoms with E-state index in [1.165, 1.54) is 24.2 Å². The van der Waals surface area contributed by atoms with Crippen molar-refractivity contribution in [3.63, 3.8) is 0 Å². The number of nitrogens with one attached hydrogen (secondary N) is 1. The first-order valence-electron chi connectivity index (χ1n) is 5.02. The van der Waals surface area contributed by atoms with Gasteiger partial charge in [0.25, 0.3) is 5.22 Å². The molecule has 0 atom stereocenters. The molecule has 0 aliphatic carbocycles. The van der Waals surface area contributed by atoms with E-state index >= 15 is 0 Å². The highest BCUT2D eigenvalue weighted by Crippen LogP contribution is 2.22. The summed E-state index contributed by atoms with van der Waals surface area (Å²) in [6, 6.07) is 4.93. The van der Waals surface area contributed by atoms with E-state index in [1.807, 2.05) is 0 Å². The van der Waals surface area contributed by atoms with Crippen LogP contribution in [0.25, 0.3) is 0 Å². The first-order valence-corrected chi connectivity index (χ1v) is 6.38. The van der Waals surface area contributed by atoms with E-state index in [0.717, 1.165) is 0 Å². The van der Waals surface area contributed by atoms with E-state index in [9.17, 15) is 4.79 Å². The lowest BCUT2D eigenvalue weighted by atomic mass is 10.3. The molecule has 0 unspecified atom stereocenters. The highest BCUT2D eigenvalue weighted by molar-refractivity contribution is 7.99. The Hall–Kier alpha value is -1.66. The third-order valence-corrected chi connectivity index (χ3v) is 3.22. The zero-order chi connectivity index (χ0) is 13.0. The minimum absolute atomic E-state index is 0.167. The molecule has 0 saturated heterocycles. The molecule has 5 nitrogen and oxygen atoms in total. The summed E-state index contributed by atoms with van der Waals surface area (Å²) in [5.74, 6) is 0.0446. The van der Waals surface area contributed by atoms with Crippen molar-refractivity contribution in [2.24, 2.45) is 0 Å². The first kappa shape index (κ1) is 12.8. The molecule has 94 valence electrons. The predicted molar refractivity (Wildman–Crippen MR) is 71.7 cm³/mol. The zero-order valence-electron chi connectivity index (χ0n) is 9.22. The quantitative estimate of drug-likeness (QED) is 0.666. The summed E-state index contributed by atoms with van der Waals surface area (Å²) in [7, 11) is 0. The summed E-state index contributed by atoms with van der Waals surface area (Å²) in [5, 5.41) is 3.62. The minimum Gasteiger partial charge on any atom is -0.440 e. The van der Waals surface area contributed by atoms with Crippen molar-refractivity contribution in [1.29, 1.82) is 0 Å². The van der Waals surface area contributed by atoms with Crippen molar-refractivity contribution in [2.45, 2.75) is 5.22 Å². The van der Waals surface area contributed by atoms with Crippen LogP contribution in [-0.4, -0.2) is 16.6 Å². The molecule has 0 fully saturated rings. The van der Waals surface area contributed by atoms with Crippen molar-refractivity contribution >= 4 is 40.6 Å². The fourth-order valence-electron chi connectivity index (χ4n) is 1.23. The molecule has 2 aromatic rings. The Morgan fingerprint density at radius 3 is 3.06 bits per heavy atom. The lowest BCUT2D eigenvalue weighted by Gasteiger charge is -2.05. The van der Waals surface area contributed by atoms with Crippen molar-refractivity contribution < 1.29 is 9.21 Å². The summed E-state index contributed by atoms with van der Waals surface area (Å²) in [6.45, 7) is 0. The topological polar surface area (TPSA) is 81.1 Å². The molecule has 7 heteroatoms. The molecule has 0 bridgehead atoms. The Morgan fingerprint density at radius 1 is 1.56 bits per heavy atom. The number of carbonyl (C=O) groups excluding carboxylic acids is 1. The highest BCUT2D eigenvalue weighted by atomic mass is 35.5. The third-order valence-electron chi connectivity index (χ3n) is 2.02. The Morgan fingerprint density at radius 2 is 2.39 bits per heavy atom. The maximum absolute atomic E-state index is 11.6. The molecule has 0 radical (unpaired) electrons. The lowest BCUT2D eigenvalue weighted by molar-refractivity contribution is -0.113. The van der Waals surface area contributed by atoms with Crippen LogP contribution in [0.1, 0.15) is 0 Å². The summed E-state index contributed by atoms with van der Waals surface area (Å²) in [6.07, 6.45) is 2.99. The Kier molecular flexibility index (Phi) is 4.11. The third kappa shape index (κ3) is 3.41. The predicted octanol–water partition coefficient (Wildman–Crippen LogP) is 2.64. The molecular formula is C11H10ClN3O2S. The van der Waals surface area contributed by atoms with E-state index in [4.69, 9.17) is 21.8 Å². The molecule has 1 aromatic carbocycles. The van der Waals surface area contributed by atoms with E-state index in [2.05, 4.69) is 10.3 Å². The Balaban J connectivity index is 1.88. The number of hydrogen-bond donors (Lipinski definition) is 2. The molecule has 0 spiro atoms. The number of aromatic nitrogens is 1. The van der Waals surface area contributed by atoms with Gasteiger partial charge in [0.2, 0.25) is 5.91 Å². The van der Waals surface area contributed by atoms with Gasteiger partial charge in [0.15, 0.2) is 0 Å². The van der Waals surface area contributed by atoms with Gasteiger partial charge in [-0.1, -0.05) is 23.4 Å². The van der Waals surface area contributed by atoms with E-state index in [-0.39, 0.29) is 11.7 Å². The molecule has 0 aliphatic heterocycles. The van der Waals surface area contributed by atoms with Crippen LogP contribution < -0.4 is 11.1 Å². The van der Waals surface area contributed by atoms with Gasteiger partial charge in [-0.2, -0.15) is 0 Å². The fraction of sp³-hybridized carbons (Fsp3) is 0.0909. The zero-order valence-corrected chi connectivity index (χ0v) is 10.8. The summed E-state index contributed by atoms with van der Waals surface area (Å²) in [4.78, 5) is 15.5. The molecule has 0 saturated carbocycles. The summed E-state index contributed by atoms with van der Waals surface area (Å²) < 4.78 is 5.00. The van der Waals surface area contributed by atoms with Gasteiger partial charge in [-0.3, -0.25) is 4.79 Å². The number of amides is 1. The number of thioether (sulfide) groups is 1. The molecular weight excluding hydrogens is 274 g/mol. The van der Waals surface area contributed by atoms with Crippen LogP contribution in [0, 0.1) is 0 Å². The number of oxazole rings is 1. The van der Waals surface area contributed by atoms with Crippen LogP contribution in [0.5, 0.6) is 0 Å². The first-order chi connectivity index (χ1) is 8.65. The molecule has 0 aliphatic rings. The van der Waals surface area contributed by atoms with Crippen LogP contribution in [0.4, 0.5) is 11.4 Å². The Bertz CT molecular complexity index is 545. The number of nitrogens with two attached hydrogens (primary N) is 1. The smallest absolute Gasteiger partial charge is 0.256 e. The van der Waals surface area contributed by atoms with Gasteiger partial charge in [0.1, 0.15) is 6.26 Å². The van der Waals surface area contributed by atoms with Crippen LogP contribution in [0.3, 0.4) is 0 Å². The van der Waals surface area contributed by atoms with Gasteiger partial charge >= 0.3 is 0 Å². The molecule has 18 heavy (non-hydrogen) atoms. The molecule has 3 N–H and O–H groups in total. The van der Waals surface area contributed by atoms with Crippen LogP contribution in [0.15, 0.2) is 40.3 Å². The molecule has 2 rings (SSSR count). The SMILES string of the molecule is Nc1cc(NC(=O)CSc2ncco2)ccc1Cl. The van der Waals surface area contributed by atoms with Crippen molar-refractivity contribution in [1.82, 2.24) is 4.98 Å². The van der Waals surface area contributed by atoms with Gasteiger partial charge in [0.05, 0.1) is 22.7 Å². The average molecular weight is 284 g/mol. The van der Waals surface area contributed by atoms with Gasteiger partial charge in [-0.25, -0.2) is 4.98 Å². The second-order valence-electron chi connectivity index (χ2n) is 3.37. The maximum atomic E-state index is 11.6. The Labute approximate surface area is 113 Å². The normalized spacial score (nSPS) is 10.3. The van der Waals surface area contributed by atoms with E-state index in [0.29, 0.717) is 21.6 Å². The van der Waals surface area contributed by atoms with Crippen molar-refractivity contribution in [3.05, 3.63) is 35.7 Å². The fourth-order valence-corrected chi connectivity index (χ4v) is 1.93. The van der Waals surface area contributed by atoms with Gasteiger partial charge < -0.3 is 15.5 Å². The number of nitrogen functional groups attached to an aromatic ring is 1. The minimum atomic E-state index is -0.167. The second-order valence-corrected chi connectivity index (χ2v) is 4.70.